The molecule has 2 N–H and O–H groups in total. The van der Waals surface area contributed by atoms with Gasteiger partial charge in [-0.15, -0.1) is 0 Å². The molecule has 1 aliphatic rings. The Hall–Kier alpha value is -1.47. The fraction of sp³-hybridized carbons (Fsp3) is 0.885. The van der Waals surface area contributed by atoms with Crippen molar-refractivity contribution in [2.45, 2.75) is 136 Å². The van der Waals surface area contributed by atoms with Gasteiger partial charge < -0.3 is 20.4 Å². The highest BCUT2D eigenvalue weighted by Crippen LogP contribution is 2.32. The zero-order valence-corrected chi connectivity index (χ0v) is 23.7. The van der Waals surface area contributed by atoms with Crippen LogP contribution in [-0.2, 0) is 0 Å². The van der Waals surface area contributed by atoms with E-state index in [1.54, 1.807) is 0 Å². The van der Waals surface area contributed by atoms with Gasteiger partial charge in [0.2, 0.25) is 11.9 Å². The maximum Gasteiger partial charge on any atom is 0.230 e. The summed E-state index contributed by atoms with van der Waals surface area (Å²) in [7, 11) is 4.23. The summed E-state index contributed by atoms with van der Waals surface area (Å²) in [4.78, 5) is 18.8. The molecule has 33 heavy (non-hydrogen) atoms. The van der Waals surface area contributed by atoms with Crippen LogP contribution >= 0.6 is 0 Å². The molecule has 0 saturated carbocycles. The minimum atomic E-state index is 0.0718. The first-order valence-corrected chi connectivity index (χ1v) is 12.6. The van der Waals surface area contributed by atoms with Gasteiger partial charge in [-0.2, -0.15) is 15.0 Å². The normalized spacial score (nSPS) is 19.9. The first-order chi connectivity index (χ1) is 14.8. The molecule has 1 aromatic heterocycles. The lowest BCUT2D eigenvalue weighted by molar-refractivity contribution is 0.160. The van der Waals surface area contributed by atoms with Gasteiger partial charge in [0.1, 0.15) is 5.82 Å². The van der Waals surface area contributed by atoms with Crippen LogP contribution in [0.15, 0.2) is 0 Å². The van der Waals surface area contributed by atoms with Crippen LogP contribution in [0.5, 0.6) is 0 Å². The summed E-state index contributed by atoms with van der Waals surface area (Å²) >= 11 is 0. The number of nitrogens with zero attached hydrogens (tertiary/aromatic N) is 5. The molecule has 2 rings (SSSR count). The van der Waals surface area contributed by atoms with Crippen molar-refractivity contribution in [2.24, 2.45) is 0 Å². The van der Waals surface area contributed by atoms with Crippen LogP contribution in [0.25, 0.3) is 0 Å². The van der Waals surface area contributed by atoms with Gasteiger partial charge in [0.15, 0.2) is 0 Å². The minimum absolute atomic E-state index is 0.0718. The second-order valence-electron chi connectivity index (χ2n) is 13.3. The molecule has 1 aromatic rings. The highest BCUT2D eigenvalue weighted by atomic mass is 15.3. The molecule has 0 aliphatic carbocycles. The van der Waals surface area contributed by atoms with Gasteiger partial charge in [-0.25, -0.2) is 0 Å². The van der Waals surface area contributed by atoms with E-state index < -0.39 is 0 Å². The lowest BCUT2D eigenvalue weighted by Gasteiger charge is -2.49. The maximum absolute atomic E-state index is 4.92. The Kier molecular flexibility index (Phi) is 8.12. The maximum atomic E-state index is 4.92. The Labute approximate surface area is 203 Å². The van der Waals surface area contributed by atoms with Gasteiger partial charge in [-0.1, -0.05) is 0 Å². The third-order valence-electron chi connectivity index (χ3n) is 6.63. The number of nitrogens with one attached hydrogen (secondary N) is 2. The second kappa shape index (κ2) is 9.65. The fourth-order valence-corrected chi connectivity index (χ4v) is 5.51. The Morgan fingerprint density at radius 1 is 0.970 bits per heavy atom. The van der Waals surface area contributed by atoms with Crippen LogP contribution in [0.2, 0.25) is 0 Å². The predicted molar refractivity (Wildman–Crippen MR) is 141 cm³/mol. The molecule has 2 heterocycles. The van der Waals surface area contributed by atoms with Gasteiger partial charge >= 0.3 is 0 Å². The fourth-order valence-electron chi connectivity index (χ4n) is 5.51. The quantitative estimate of drug-likeness (QED) is 0.582. The van der Waals surface area contributed by atoms with E-state index in [9.17, 15) is 0 Å². The van der Waals surface area contributed by atoms with E-state index in [1.165, 1.54) is 0 Å². The van der Waals surface area contributed by atoms with E-state index in [0.29, 0.717) is 12.1 Å². The number of aryl methyl sites for hydroxylation is 1. The molecule has 190 valence electrons. The zero-order valence-electron chi connectivity index (χ0n) is 23.7. The SMILES string of the molecule is Cc1nc(N(C)C(C)CCC(C)(C)NC(C)(C)C)nc(N(C)C2CC(C)(C)NC(C)(C)C2)n1. The molecule has 0 bridgehead atoms. The summed E-state index contributed by atoms with van der Waals surface area (Å²) in [5.41, 5.74) is 0.319. The van der Waals surface area contributed by atoms with Gasteiger partial charge in [-0.3, -0.25) is 0 Å². The number of aromatic nitrogens is 3. The van der Waals surface area contributed by atoms with E-state index in [4.69, 9.17) is 15.0 Å². The summed E-state index contributed by atoms with van der Waals surface area (Å²) in [5, 5.41) is 7.51. The number of rotatable bonds is 8. The van der Waals surface area contributed by atoms with Crippen molar-refractivity contribution < 1.29 is 0 Å². The molecule has 0 spiro atoms. The van der Waals surface area contributed by atoms with Crippen molar-refractivity contribution in [3.63, 3.8) is 0 Å². The largest absolute Gasteiger partial charge is 0.341 e. The van der Waals surface area contributed by atoms with E-state index in [0.717, 1.165) is 43.4 Å². The molecule has 0 amide bonds. The van der Waals surface area contributed by atoms with E-state index in [2.05, 4.69) is 104 Å². The van der Waals surface area contributed by atoms with Crippen LogP contribution in [0.4, 0.5) is 11.9 Å². The standard InChI is InChI=1S/C26H51N7/c1-18(14-15-24(6,7)30-23(3,4)5)32(12)21-27-19(2)28-22(29-21)33(13)20-16-25(8,9)31-26(10,11)17-20/h18,20,30-31H,14-17H2,1-13H3. The summed E-state index contributed by atoms with van der Waals surface area (Å²) < 4.78 is 0. The molecule has 0 aromatic carbocycles. The monoisotopic (exact) mass is 461 g/mol. The molecule has 7 nitrogen and oxygen atoms in total. The lowest BCUT2D eigenvalue weighted by atomic mass is 9.79. The van der Waals surface area contributed by atoms with E-state index in [-0.39, 0.29) is 22.2 Å². The van der Waals surface area contributed by atoms with Crippen molar-refractivity contribution in [1.29, 1.82) is 0 Å². The second-order valence-corrected chi connectivity index (χ2v) is 13.3. The van der Waals surface area contributed by atoms with E-state index in [1.807, 2.05) is 6.92 Å². The van der Waals surface area contributed by atoms with Gasteiger partial charge in [0.25, 0.3) is 0 Å². The first kappa shape index (κ1) is 27.8. The van der Waals surface area contributed by atoms with Crippen molar-refractivity contribution in [2.75, 3.05) is 23.9 Å². The van der Waals surface area contributed by atoms with Crippen LogP contribution in [-0.4, -0.2) is 63.3 Å². The number of anilines is 2. The average molecular weight is 462 g/mol. The molecule has 0 radical (unpaired) electrons. The molecule has 1 unspecified atom stereocenters. The highest BCUT2D eigenvalue weighted by molar-refractivity contribution is 5.40. The summed E-state index contributed by atoms with van der Waals surface area (Å²) in [6, 6.07) is 0.695. The number of piperidine rings is 1. The van der Waals surface area contributed by atoms with Crippen molar-refractivity contribution in [1.82, 2.24) is 25.6 Å². The Morgan fingerprint density at radius 2 is 1.48 bits per heavy atom. The molecule has 1 aliphatic heterocycles. The van der Waals surface area contributed by atoms with Crippen LogP contribution in [0.3, 0.4) is 0 Å². The van der Waals surface area contributed by atoms with Crippen molar-refractivity contribution in [3.05, 3.63) is 5.82 Å². The topological polar surface area (TPSA) is 69.2 Å². The predicted octanol–water partition coefficient (Wildman–Crippen LogP) is 4.70. The minimum Gasteiger partial charge on any atom is -0.341 e. The zero-order chi connectivity index (χ0) is 25.4. The Morgan fingerprint density at radius 3 is 2.00 bits per heavy atom. The summed E-state index contributed by atoms with van der Waals surface area (Å²) in [6.07, 6.45) is 4.23. The van der Waals surface area contributed by atoms with Crippen LogP contribution in [0.1, 0.15) is 101 Å². The number of hydrogen-bond donors (Lipinski definition) is 2. The molecule has 7 heteroatoms. The van der Waals surface area contributed by atoms with E-state index >= 15 is 0 Å². The Balaban J connectivity index is 2.15. The third-order valence-corrected chi connectivity index (χ3v) is 6.63. The summed E-state index contributed by atoms with van der Waals surface area (Å²) in [5.74, 6) is 2.29. The van der Waals surface area contributed by atoms with Crippen molar-refractivity contribution in [3.8, 4) is 0 Å². The lowest BCUT2D eigenvalue weighted by Crippen LogP contribution is -2.62. The first-order valence-electron chi connectivity index (χ1n) is 12.6. The molecule has 1 atom stereocenters. The van der Waals surface area contributed by atoms with Crippen LogP contribution in [0, 0.1) is 6.92 Å². The number of hydrogen-bond acceptors (Lipinski definition) is 7. The third kappa shape index (κ3) is 8.36. The van der Waals surface area contributed by atoms with Gasteiger partial charge in [0, 0.05) is 48.3 Å². The molecule has 1 fully saturated rings. The van der Waals surface area contributed by atoms with Gasteiger partial charge in [0.05, 0.1) is 0 Å². The average Bonchev–Trinajstić information content (AvgIpc) is 2.60. The van der Waals surface area contributed by atoms with Gasteiger partial charge in [-0.05, 0) is 102 Å². The molecular weight excluding hydrogens is 410 g/mol. The summed E-state index contributed by atoms with van der Waals surface area (Å²) in [6.45, 7) is 24.6. The smallest absolute Gasteiger partial charge is 0.230 e. The van der Waals surface area contributed by atoms with Crippen LogP contribution < -0.4 is 20.4 Å². The Bertz CT molecular complexity index is 778. The molecule has 1 saturated heterocycles. The molecular formula is C26H51N7. The highest BCUT2D eigenvalue weighted by Gasteiger charge is 2.40. The van der Waals surface area contributed by atoms with Crippen molar-refractivity contribution >= 4 is 11.9 Å².